The van der Waals surface area contributed by atoms with E-state index < -0.39 is 0 Å². The number of nitrogens with two attached hydrogens (primary N) is 1. The molecular weight excluding hydrogens is 204 g/mol. The molecule has 0 saturated heterocycles. The van der Waals surface area contributed by atoms with E-state index in [1.165, 1.54) is 0 Å². The number of imidazole rings is 1. The number of hydrogen-bond donors (Lipinski definition) is 2. The van der Waals surface area contributed by atoms with E-state index in [0.717, 1.165) is 11.2 Å². The number of anilines is 1. The molecule has 1 unspecified atom stereocenters. The smallest absolute Gasteiger partial charge is 0.225 e. The molecule has 0 spiro atoms. The van der Waals surface area contributed by atoms with Crippen molar-refractivity contribution < 1.29 is 0 Å². The Balaban J connectivity index is 2.35. The number of hydrogen-bond acceptors (Lipinski definition) is 5. The molecule has 0 fully saturated rings. The second kappa shape index (κ2) is 4.05. The van der Waals surface area contributed by atoms with Gasteiger partial charge >= 0.3 is 0 Å². The lowest BCUT2D eigenvalue weighted by Crippen LogP contribution is -2.26. The number of aromatic nitrogens is 4. The Morgan fingerprint density at radius 3 is 2.94 bits per heavy atom. The molecule has 0 saturated carbocycles. The van der Waals surface area contributed by atoms with E-state index >= 15 is 0 Å². The molecule has 0 aliphatic rings. The highest BCUT2D eigenvalue weighted by Gasteiger charge is 2.08. The molecule has 0 aromatic carbocycles. The minimum atomic E-state index is 0.0725. The van der Waals surface area contributed by atoms with Crippen molar-refractivity contribution in [3.8, 4) is 0 Å². The normalized spacial score (nSPS) is 13.0. The maximum Gasteiger partial charge on any atom is 0.225 e. The van der Waals surface area contributed by atoms with Crippen molar-refractivity contribution in [1.29, 1.82) is 0 Å². The molecular formula is C10H16N6. The first-order valence-corrected chi connectivity index (χ1v) is 5.23. The molecule has 2 rings (SSSR count). The third kappa shape index (κ3) is 1.96. The predicted molar refractivity (Wildman–Crippen MR) is 63.2 cm³/mol. The molecule has 6 heteroatoms. The highest BCUT2D eigenvalue weighted by Crippen LogP contribution is 2.14. The average molecular weight is 220 g/mol. The molecule has 16 heavy (non-hydrogen) atoms. The number of aryl methyl sites for hydroxylation is 2. The van der Waals surface area contributed by atoms with E-state index in [-0.39, 0.29) is 6.04 Å². The highest BCUT2D eigenvalue weighted by atomic mass is 15.2. The van der Waals surface area contributed by atoms with Gasteiger partial charge in [-0.2, -0.15) is 4.98 Å². The van der Waals surface area contributed by atoms with E-state index in [9.17, 15) is 0 Å². The first kappa shape index (κ1) is 10.8. The first-order chi connectivity index (χ1) is 7.58. The Kier molecular flexibility index (Phi) is 2.74. The number of nitrogens with one attached hydrogen (secondary N) is 1. The summed E-state index contributed by atoms with van der Waals surface area (Å²) in [7, 11) is 1.93. The van der Waals surface area contributed by atoms with Crippen molar-refractivity contribution in [2.45, 2.75) is 19.9 Å². The summed E-state index contributed by atoms with van der Waals surface area (Å²) in [4.78, 5) is 12.9. The Hall–Kier alpha value is -1.69. The number of rotatable bonds is 3. The second-order valence-corrected chi connectivity index (χ2v) is 4.02. The second-order valence-electron chi connectivity index (χ2n) is 4.02. The summed E-state index contributed by atoms with van der Waals surface area (Å²) >= 11 is 0. The molecule has 6 nitrogen and oxygen atoms in total. The van der Waals surface area contributed by atoms with Crippen LogP contribution < -0.4 is 11.1 Å². The minimum Gasteiger partial charge on any atom is -0.353 e. The van der Waals surface area contributed by atoms with Gasteiger partial charge < -0.3 is 15.6 Å². The fourth-order valence-electron chi connectivity index (χ4n) is 1.59. The van der Waals surface area contributed by atoms with Crippen LogP contribution in [-0.4, -0.2) is 32.1 Å². The van der Waals surface area contributed by atoms with E-state index in [4.69, 9.17) is 5.73 Å². The van der Waals surface area contributed by atoms with E-state index in [1.807, 2.05) is 25.5 Å². The molecule has 86 valence electrons. The van der Waals surface area contributed by atoms with Crippen LogP contribution in [0.5, 0.6) is 0 Å². The van der Waals surface area contributed by atoms with Crippen molar-refractivity contribution in [2.24, 2.45) is 12.8 Å². The van der Waals surface area contributed by atoms with Crippen molar-refractivity contribution >= 4 is 17.1 Å². The fourth-order valence-corrected chi connectivity index (χ4v) is 1.59. The maximum absolute atomic E-state index is 5.66. The zero-order valence-corrected chi connectivity index (χ0v) is 9.73. The Morgan fingerprint density at radius 1 is 1.50 bits per heavy atom. The molecule has 3 N–H and O–H groups in total. The Morgan fingerprint density at radius 2 is 2.25 bits per heavy atom. The Bertz CT molecular complexity index is 501. The number of nitrogens with zero attached hydrogens (tertiary/aromatic N) is 4. The summed E-state index contributed by atoms with van der Waals surface area (Å²) in [6.07, 6.45) is 1.74. The lowest BCUT2D eigenvalue weighted by Gasteiger charge is -2.08. The monoisotopic (exact) mass is 220 g/mol. The molecule has 2 aromatic rings. The fraction of sp³-hybridized carbons (Fsp3) is 0.500. The summed E-state index contributed by atoms with van der Waals surface area (Å²) < 4.78 is 1.92. The minimum absolute atomic E-state index is 0.0725. The molecule has 0 aliphatic heterocycles. The summed E-state index contributed by atoms with van der Waals surface area (Å²) in [6.45, 7) is 4.53. The van der Waals surface area contributed by atoms with Gasteiger partial charge in [0.1, 0.15) is 5.52 Å². The highest BCUT2D eigenvalue weighted by molar-refractivity contribution is 5.74. The van der Waals surface area contributed by atoms with Gasteiger partial charge in [-0.25, -0.2) is 9.97 Å². The van der Waals surface area contributed by atoms with Crippen LogP contribution in [0, 0.1) is 6.92 Å². The van der Waals surface area contributed by atoms with Gasteiger partial charge in [0, 0.05) is 19.6 Å². The molecule has 2 aromatic heterocycles. The van der Waals surface area contributed by atoms with Crippen LogP contribution in [0.1, 0.15) is 12.6 Å². The zero-order valence-electron chi connectivity index (χ0n) is 9.73. The molecule has 0 bridgehead atoms. The van der Waals surface area contributed by atoms with Crippen LogP contribution in [0.2, 0.25) is 0 Å². The summed E-state index contributed by atoms with van der Waals surface area (Å²) in [5.41, 5.74) is 8.25. The zero-order chi connectivity index (χ0) is 11.7. The number of fused-ring (bicyclic) bond motifs is 1. The summed E-state index contributed by atoms with van der Waals surface area (Å²) in [5, 5.41) is 3.09. The van der Waals surface area contributed by atoms with E-state index in [2.05, 4.69) is 20.3 Å². The summed E-state index contributed by atoms with van der Waals surface area (Å²) in [6, 6.07) is 0.0725. The van der Waals surface area contributed by atoms with E-state index in [1.54, 1.807) is 6.33 Å². The van der Waals surface area contributed by atoms with Crippen LogP contribution in [0.4, 0.5) is 5.95 Å². The van der Waals surface area contributed by atoms with Gasteiger partial charge in [-0.3, -0.25) is 0 Å². The van der Waals surface area contributed by atoms with Gasteiger partial charge in [0.15, 0.2) is 5.65 Å². The van der Waals surface area contributed by atoms with Gasteiger partial charge in [-0.1, -0.05) is 0 Å². The average Bonchev–Trinajstić information content (AvgIpc) is 2.58. The largest absolute Gasteiger partial charge is 0.353 e. The third-order valence-electron chi connectivity index (χ3n) is 2.33. The van der Waals surface area contributed by atoms with Crippen molar-refractivity contribution in [2.75, 3.05) is 11.9 Å². The maximum atomic E-state index is 5.66. The quantitative estimate of drug-likeness (QED) is 0.784. The molecule has 0 radical (unpaired) electrons. The summed E-state index contributed by atoms with van der Waals surface area (Å²) in [5.74, 6) is 0.584. The van der Waals surface area contributed by atoms with Crippen LogP contribution in [0.15, 0.2) is 6.33 Å². The predicted octanol–water partition coefficient (Wildman–Crippen LogP) is 0.431. The Labute approximate surface area is 93.9 Å². The van der Waals surface area contributed by atoms with Crippen LogP contribution in [0.25, 0.3) is 11.2 Å². The molecule has 1 atom stereocenters. The molecule has 0 aliphatic carbocycles. The SMILES string of the molecule is Cc1nc(NCC(C)N)nc2ncn(C)c12. The van der Waals surface area contributed by atoms with Gasteiger partial charge in [0.25, 0.3) is 0 Å². The van der Waals surface area contributed by atoms with Gasteiger partial charge in [0.2, 0.25) is 5.95 Å². The van der Waals surface area contributed by atoms with Crippen LogP contribution in [0.3, 0.4) is 0 Å². The van der Waals surface area contributed by atoms with Crippen LogP contribution in [-0.2, 0) is 7.05 Å². The van der Waals surface area contributed by atoms with Crippen molar-refractivity contribution in [1.82, 2.24) is 19.5 Å². The third-order valence-corrected chi connectivity index (χ3v) is 2.33. The standard InChI is InChI=1S/C10H16N6/c1-6(11)4-12-10-14-7(2)8-9(15-10)13-5-16(8)3/h5-6H,4,11H2,1-3H3,(H,12,14,15). The molecule has 2 heterocycles. The van der Waals surface area contributed by atoms with Gasteiger partial charge in [-0.05, 0) is 13.8 Å². The van der Waals surface area contributed by atoms with Gasteiger partial charge in [0.05, 0.1) is 12.0 Å². The lowest BCUT2D eigenvalue weighted by molar-refractivity contribution is 0.773. The van der Waals surface area contributed by atoms with Crippen molar-refractivity contribution in [3.63, 3.8) is 0 Å². The topological polar surface area (TPSA) is 81.7 Å². The van der Waals surface area contributed by atoms with Crippen LogP contribution >= 0.6 is 0 Å². The van der Waals surface area contributed by atoms with Gasteiger partial charge in [-0.15, -0.1) is 0 Å². The first-order valence-electron chi connectivity index (χ1n) is 5.23. The van der Waals surface area contributed by atoms with Crippen molar-refractivity contribution in [3.05, 3.63) is 12.0 Å². The van der Waals surface area contributed by atoms with E-state index in [0.29, 0.717) is 18.1 Å². The lowest BCUT2D eigenvalue weighted by atomic mass is 10.3. The molecule has 0 amide bonds.